The third kappa shape index (κ3) is 3.11. The van der Waals surface area contributed by atoms with Crippen molar-refractivity contribution in [2.75, 3.05) is 0 Å². The predicted octanol–water partition coefficient (Wildman–Crippen LogP) is 3.55. The molecule has 1 atom stereocenters. The first kappa shape index (κ1) is 19.2. The van der Waals surface area contributed by atoms with Gasteiger partial charge in [0.1, 0.15) is 22.8 Å². The van der Waals surface area contributed by atoms with Gasteiger partial charge in [-0.05, 0) is 56.2 Å². The van der Waals surface area contributed by atoms with Gasteiger partial charge in [-0.2, -0.15) is 0 Å². The van der Waals surface area contributed by atoms with Crippen molar-refractivity contribution >= 4 is 23.9 Å². The Kier molecular flexibility index (Phi) is 4.68. The predicted molar refractivity (Wildman–Crippen MR) is 102 cm³/mol. The van der Waals surface area contributed by atoms with Crippen LogP contribution in [0, 0.1) is 6.92 Å². The quantitative estimate of drug-likeness (QED) is 0.696. The molecule has 7 nitrogen and oxygen atoms in total. The van der Waals surface area contributed by atoms with Crippen molar-refractivity contribution in [2.45, 2.75) is 26.4 Å². The molecule has 2 aromatic rings. The van der Waals surface area contributed by atoms with Crippen LogP contribution in [0.3, 0.4) is 0 Å². The van der Waals surface area contributed by atoms with E-state index >= 15 is 0 Å². The van der Waals surface area contributed by atoms with Crippen LogP contribution in [0.25, 0.3) is 12.2 Å². The number of aryl methyl sites for hydroxylation is 1. The number of Topliss-reactive ketones (excluding diaryl/α,β-unsaturated/α-hetero) is 1. The summed E-state index contributed by atoms with van der Waals surface area (Å²) in [7, 11) is 0. The molecule has 0 saturated carbocycles. The third-order valence-corrected chi connectivity index (χ3v) is 4.55. The normalized spacial score (nSPS) is 18.7. The number of hydrogen-bond acceptors (Lipinski definition) is 7. The highest BCUT2D eigenvalue weighted by Gasteiger charge is 2.46. The molecule has 144 valence electrons. The molecule has 0 aliphatic heterocycles. The van der Waals surface area contributed by atoms with Crippen LogP contribution in [0.2, 0.25) is 0 Å². The molecule has 1 aromatic carbocycles. The summed E-state index contributed by atoms with van der Waals surface area (Å²) in [6.07, 6.45) is 6.26. The number of rotatable bonds is 3. The summed E-state index contributed by atoms with van der Waals surface area (Å²) in [4.78, 5) is 29.8. The van der Waals surface area contributed by atoms with Crippen LogP contribution in [0.4, 0.5) is 0 Å². The second-order valence-corrected chi connectivity index (χ2v) is 6.63. The van der Waals surface area contributed by atoms with E-state index in [1.165, 1.54) is 32.2 Å². The number of nitrogens with zero attached hydrogens (tertiary/aromatic N) is 1. The number of esters is 1. The van der Waals surface area contributed by atoms with Gasteiger partial charge in [0, 0.05) is 17.8 Å². The number of benzene rings is 1. The molecule has 0 fully saturated rings. The summed E-state index contributed by atoms with van der Waals surface area (Å²) in [5.74, 6) is -2.78. The number of hydrogen-bond donors (Lipinski definition) is 3. The van der Waals surface area contributed by atoms with Crippen molar-refractivity contribution < 1.29 is 29.6 Å². The lowest BCUT2D eigenvalue weighted by Gasteiger charge is -2.31. The minimum Gasteiger partial charge on any atom is -0.508 e. The highest BCUT2D eigenvalue weighted by molar-refractivity contribution is 6.11. The zero-order valence-electron chi connectivity index (χ0n) is 15.6. The summed E-state index contributed by atoms with van der Waals surface area (Å²) in [6.45, 7) is 4.60. The molecule has 1 heterocycles. The molecule has 1 aromatic heterocycles. The van der Waals surface area contributed by atoms with Crippen molar-refractivity contribution in [3.8, 4) is 11.5 Å². The van der Waals surface area contributed by atoms with Gasteiger partial charge in [0.25, 0.3) is 0 Å². The minimum atomic E-state index is -1.97. The van der Waals surface area contributed by atoms with Gasteiger partial charge >= 0.3 is 5.97 Å². The zero-order chi connectivity index (χ0) is 20.6. The van der Waals surface area contributed by atoms with Crippen molar-refractivity contribution in [2.24, 2.45) is 0 Å². The Bertz CT molecular complexity index is 1030. The maximum atomic E-state index is 13.0. The first-order chi connectivity index (χ1) is 13.2. The summed E-state index contributed by atoms with van der Waals surface area (Å²) >= 11 is 0. The average molecular weight is 381 g/mol. The van der Waals surface area contributed by atoms with Crippen LogP contribution in [0.5, 0.6) is 11.5 Å². The Morgan fingerprint density at radius 2 is 1.93 bits per heavy atom. The molecule has 0 saturated heterocycles. The van der Waals surface area contributed by atoms with E-state index < -0.39 is 28.9 Å². The fourth-order valence-corrected chi connectivity index (χ4v) is 3.07. The lowest BCUT2D eigenvalue weighted by atomic mass is 9.84. The van der Waals surface area contributed by atoms with Gasteiger partial charge in [0.2, 0.25) is 11.4 Å². The second kappa shape index (κ2) is 6.84. The number of ether oxygens (including phenoxy) is 1. The van der Waals surface area contributed by atoms with Gasteiger partial charge in [-0.3, -0.25) is 9.78 Å². The minimum absolute atomic E-state index is 0.202. The fraction of sp³-hybridized carbons (Fsp3) is 0.190. The average Bonchev–Trinajstić information content (AvgIpc) is 2.59. The third-order valence-electron chi connectivity index (χ3n) is 4.55. The van der Waals surface area contributed by atoms with E-state index in [4.69, 9.17) is 4.74 Å². The van der Waals surface area contributed by atoms with E-state index in [0.717, 1.165) is 6.07 Å². The molecule has 7 heteroatoms. The maximum Gasteiger partial charge on any atom is 0.343 e. The van der Waals surface area contributed by atoms with Gasteiger partial charge in [0.05, 0.1) is 5.69 Å². The van der Waals surface area contributed by atoms with Crippen molar-refractivity contribution in [3.63, 3.8) is 0 Å². The van der Waals surface area contributed by atoms with Crippen LogP contribution < -0.4 is 0 Å². The summed E-state index contributed by atoms with van der Waals surface area (Å²) < 4.78 is 5.34. The van der Waals surface area contributed by atoms with E-state index in [0.29, 0.717) is 11.3 Å². The van der Waals surface area contributed by atoms with Gasteiger partial charge in [0.15, 0.2) is 0 Å². The Hall–Kier alpha value is -3.61. The van der Waals surface area contributed by atoms with Crippen LogP contribution >= 0.6 is 0 Å². The van der Waals surface area contributed by atoms with Crippen LogP contribution in [0.1, 0.15) is 51.4 Å². The number of fused-ring (bicyclic) bond motifs is 1. The molecule has 1 aliphatic carbocycles. The van der Waals surface area contributed by atoms with Crippen molar-refractivity contribution in [1.29, 1.82) is 0 Å². The molecular formula is C21H19NO6. The fourth-order valence-electron chi connectivity index (χ4n) is 3.07. The summed E-state index contributed by atoms with van der Waals surface area (Å²) in [5.41, 5.74) is -0.632. The number of aliphatic hydroxyl groups excluding tert-OH is 1. The van der Waals surface area contributed by atoms with E-state index in [2.05, 4.69) is 4.98 Å². The lowest BCUT2D eigenvalue weighted by Crippen LogP contribution is -2.44. The number of phenols is 2. The molecule has 0 amide bonds. The number of pyridine rings is 1. The summed E-state index contributed by atoms with van der Waals surface area (Å²) in [6, 6.07) is 3.91. The molecular weight excluding hydrogens is 362 g/mol. The standard InChI is InChI=1S/C21H19NO6/c1-4-5-13-7-12-8-17(25)21(3,19(26)15(12)10-22-13)28-20(27)18-11(2)6-14(23)9-16(18)24/h4-10,23-25H,1-3H3/b5-4+/t21-/m1/s1. The smallest absolute Gasteiger partial charge is 0.343 e. The van der Waals surface area contributed by atoms with Crippen LogP contribution in [-0.4, -0.2) is 37.7 Å². The molecule has 0 spiro atoms. The summed E-state index contributed by atoms with van der Waals surface area (Å²) in [5, 5.41) is 30.0. The SMILES string of the molecule is C/C=C/c1cc2c(cn1)C(=O)[C@](C)(OC(=O)c1c(C)cc(O)cc1O)C(O)=C2. The first-order valence-electron chi connectivity index (χ1n) is 8.52. The number of aromatic hydroxyl groups is 2. The number of aliphatic hydroxyl groups is 1. The molecule has 3 N–H and O–H groups in total. The van der Waals surface area contributed by atoms with Crippen LogP contribution in [-0.2, 0) is 4.74 Å². The van der Waals surface area contributed by atoms with Gasteiger partial charge in [-0.1, -0.05) is 6.08 Å². The monoisotopic (exact) mass is 381 g/mol. The largest absolute Gasteiger partial charge is 0.508 e. The van der Waals surface area contributed by atoms with Crippen LogP contribution in [0.15, 0.2) is 36.2 Å². The van der Waals surface area contributed by atoms with Crippen molar-refractivity contribution in [1.82, 2.24) is 4.98 Å². The molecule has 3 rings (SSSR count). The maximum absolute atomic E-state index is 13.0. The molecule has 0 bridgehead atoms. The number of allylic oxidation sites excluding steroid dienone is 1. The van der Waals surface area contributed by atoms with E-state index in [9.17, 15) is 24.9 Å². The Balaban J connectivity index is 2.00. The Morgan fingerprint density at radius 3 is 2.57 bits per heavy atom. The van der Waals surface area contributed by atoms with Crippen molar-refractivity contribution in [3.05, 3.63) is 64.2 Å². The van der Waals surface area contributed by atoms with E-state index in [-0.39, 0.29) is 22.4 Å². The van der Waals surface area contributed by atoms with E-state index in [1.807, 2.05) is 6.92 Å². The molecule has 28 heavy (non-hydrogen) atoms. The second-order valence-electron chi connectivity index (χ2n) is 6.63. The highest BCUT2D eigenvalue weighted by atomic mass is 16.6. The Labute approximate surface area is 161 Å². The first-order valence-corrected chi connectivity index (χ1v) is 8.52. The van der Waals surface area contributed by atoms with Gasteiger partial charge in [-0.25, -0.2) is 4.79 Å². The number of ketones is 1. The number of aromatic nitrogens is 1. The van der Waals surface area contributed by atoms with Gasteiger partial charge < -0.3 is 20.1 Å². The zero-order valence-corrected chi connectivity index (χ0v) is 15.6. The molecule has 0 radical (unpaired) electrons. The topological polar surface area (TPSA) is 117 Å². The van der Waals surface area contributed by atoms with E-state index in [1.54, 1.807) is 18.2 Å². The molecule has 0 unspecified atom stereocenters. The Morgan fingerprint density at radius 1 is 1.21 bits per heavy atom. The number of carbonyl (C=O) groups excluding carboxylic acids is 2. The molecule has 1 aliphatic rings. The number of phenolic OH excluding ortho intramolecular Hbond substituents is 2. The number of carbonyl (C=O) groups is 2. The lowest BCUT2D eigenvalue weighted by molar-refractivity contribution is -0.00336. The highest BCUT2D eigenvalue weighted by Crippen LogP contribution is 2.36. The van der Waals surface area contributed by atoms with Gasteiger partial charge in [-0.15, -0.1) is 0 Å².